The van der Waals surface area contributed by atoms with Gasteiger partial charge in [-0.15, -0.1) is 0 Å². The van der Waals surface area contributed by atoms with Crippen molar-refractivity contribution in [3.8, 4) is 5.75 Å². The molecule has 0 fully saturated rings. The molecule has 0 saturated heterocycles. The van der Waals surface area contributed by atoms with E-state index >= 15 is 0 Å². The van der Waals surface area contributed by atoms with Crippen LogP contribution in [0.5, 0.6) is 5.75 Å². The van der Waals surface area contributed by atoms with Crippen molar-refractivity contribution in [1.29, 1.82) is 0 Å². The summed E-state index contributed by atoms with van der Waals surface area (Å²) in [6, 6.07) is 4.99. The molecule has 2 rings (SSSR count). The zero-order valence-electron chi connectivity index (χ0n) is 10.6. The molecule has 0 bridgehead atoms. The number of aliphatic hydroxyl groups is 1. The van der Waals surface area contributed by atoms with E-state index in [0.717, 1.165) is 0 Å². The summed E-state index contributed by atoms with van der Waals surface area (Å²) in [5.74, 6) is -0.368. The highest BCUT2D eigenvalue weighted by molar-refractivity contribution is 6.03. The van der Waals surface area contributed by atoms with Crippen LogP contribution in [0.25, 0.3) is 0 Å². The highest BCUT2D eigenvalue weighted by Gasteiger charge is 2.34. The van der Waals surface area contributed by atoms with Gasteiger partial charge in [-0.05, 0) is 24.1 Å². The minimum Gasteiger partial charge on any atom is -0.478 e. The molecule has 1 heterocycles. The summed E-state index contributed by atoms with van der Waals surface area (Å²) in [5, 5.41) is 9.12. The van der Waals surface area contributed by atoms with E-state index in [1.807, 2.05) is 6.92 Å². The van der Waals surface area contributed by atoms with E-state index in [2.05, 4.69) is 0 Å². The largest absolute Gasteiger partial charge is 0.478 e. The summed E-state index contributed by atoms with van der Waals surface area (Å²) in [5.41, 5.74) is 6.36. The molecule has 0 saturated carbocycles. The van der Waals surface area contributed by atoms with E-state index in [4.69, 9.17) is 15.6 Å². The number of hydrogen-bond donors (Lipinski definition) is 2. The molecule has 1 unspecified atom stereocenters. The van der Waals surface area contributed by atoms with Crippen LogP contribution >= 0.6 is 0 Å². The van der Waals surface area contributed by atoms with Gasteiger partial charge in [0.25, 0.3) is 5.91 Å². The maximum absolute atomic E-state index is 12.2. The van der Waals surface area contributed by atoms with Crippen LogP contribution in [0.4, 0.5) is 5.69 Å². The van der Waals surface area contributed by atoms with Gasteiger partial charge in [0.15, 0.2) is 6.10 Å². The number of primary amides is 1. The lowest BCUT2D eigenvalue weighted by molar-refractivity contribution is -0.128. The molecule has 1 atom stereocenters. The third-order valence-electron chi connectivity index (χ3n) is 2.99. The fourth-order valence-corrected chi connectivity index (χ4v) is 2.05. The molecule has 0 aromatic heterocycles. The van der Waals surface area contributed by atoms with Crippen LogP contribution in [0.1, 0.15) is 18.9 Å². The van der Waals surface area contributed by atoms with E-state index in [0.29, 0.717) is 23.4 Å². The Kier molecular flexibility index (Phi) is 3.71. The van der Waals surface area contributed by atoms with E-state index in [9.17, 15) is 9.59 Å². The number of aliphatic hydroxyl groups excluding tert-OH is 1. The Morgan fingerprint density at radius 1 is 1.53 bits per heavy atom. The minimum absolute atomic E-state index is 0.114. The van der Waals surface area contributed by atoms with Gasteiger partial charge in [-0.25, -0.2) is 0 Å². The lowest BCUT2D eigenvalue weighted by atomic mass is 10.1. The Bertz CT molecular complexity index is 515. The average molecular weight is 264 g/mol. The summed E-state index contributed by atoms with van der Waals surface area (Å²) < 4.78 is 5.59. The Balaban J connectivity index is 2.43. The number of amides is 2. The van der Waals surface area contributed by atoms with Crippen molar-refractivity contribution < 1.29 is 19.4 Å². The van der Waals surface area contributed by atoms with Crippen molar-refractivity contribution in [2.24, 2.45) is 5.73 Å². The molecule has 3 N–H and O–H groups in total. The maximum Gasteiger partial charge on any atom is 0.268 e. The van der Waals surface area contributed by atoms with Crippen LogP contribution in [0, 0.1) is 0 Å². The Hall–Kier alpha value is -2.08. The van der Waals surface area contributed by atoms with Crippen LogP contribution in [-0.2, 0) is 16.2 Å². The molecule has 19 heavy (non-hydrogen) atoms. The van der Waals surface area contributed by atoms with Crippen molar-refractivity contribution in [2.45, 2.75) is 26.1 Å². The second-order valence-electron chi connectivity index (χ2n) is 4.37. The highest BCUT2D eigenvalue weighted by atomic mass is 16.5. The molecule has 1 aliphatic heterocycles. The summed E-state index contributed by atoms with van der Waals surface area (Å²) in [6.07, 6.45) is -0.127. The molecule has 0 aliphatic carbocycles. The first-order valence-corrected chi connectivity index (χ1v) is 6.07. The Morgan fingerprint density at radius 2 is 2.26 bits per heavy atom. The summed E-state index contributed by atoms with van der Waals surface area (Å²) in [4.78, 5) is 24.6. The van der Waals surface area contributed by atoms with Gasteiger partial charge in [-0.2, -0.15) is 0 Å². The predicted octanol–water partition coefficient (Wildman–Crippen LogP) is 0.168. The molecule has 0 spiro atoms. The third-order valence-corrected chi connectivity index (χ3v) is 2.99. The van der Waals surface area contributed by atoms with Crippen molar-refractivity contribution >= 4 is 17.5 Å². The summed E-state index contributed by atoms with van der Waals surface area (Å²) in [6.45, 7) is 1.53. The third kappa shape index (κ3) is 2.53. The molecular formula is C13H16N2O4. The number of carbonyl (C=O) groups is 2. The highest BCUT2D eigenvalue weighted by Crippen LogP contribution is 2.35. The SMILES string of the molecule is CCC1Oc2cc(CO)ccc2N(CC(N)=O)C1=O. The zero-order chi connectivity index (χ0) is 14.0. The molecule has 0 radical (unpaired) electrons. The van der Waals surface area contributed by atoms with Crippen LogP contribution in [0.15, 0.2) is 18.2 Å². The normalized spacial score (nSPS) is 17.9. The average Bonchev–Trinajstić information content (AvgIpc) is 2.40. The van der Waals surface area contributed by atoms with E-state index in [1.54, 1.807) is 18.2 Å². The van der Waals surface area contributed by atoms with Gasteiger partial charge in [-0.3, -0.25) is 14.5 Å². The standard InChI is InChI=1S/C13H16N2O4/c1-2-10-13(18)15(6-12(14)17)9-4-3-8(7-16)5-11(9)19-10/h3-5,10,16H,2,6-7H2,1H3,(H2,14,17). The molecule has 6 heteroatoms. The van der Waals surface area contributed by atoms with Gasteiger partial charge in [0.1, 0.15) is 12.3 Å². The second kappa shape index (κ2) is 5.27. The number of ether oxygens (including phenoxy) is 1. The molecule has 2 amide bonds. The van der Waals surface area contributed by atoms with Crippen molar-refractivity contribution in [3.63, 3.8) is 0 Å². The number of nitrogens with two attached hydrogens (primary N) is 1. The quantitative estimate of drug-likeness (QED) is 0.810. The number of hydrogen-bond acceptors (Lipinski definition) is 4. The topological polar surface area (TPSA) is 92.9 Å². The maximum atomic E-state index is 12.2. The monoisotopic (exact) mass is 264 g/mol. The number of fused-ring (bicyclic) bond motifs is 1. The number of anilines is 1. The minimum atomic E-state index is -0.624. The van der Waals surface area contributed by atoms with Crippen molar-refractivity contribution in [3.05, 3.63) is 23.8 Å². The molecule has 6 nitrogen and oxygen atoms in total. The molecular weight excluding hydrogens is 248 g/mol. The van der Waals surface area contributed by atoms with Gasteiger partial charge in [0.2, 0.25) is 5.91 Å². The summed E-state index contributed by atoms with van der Waals surface area (Å²) in [7, 11) is 0. The number of benzene rings is 1. The fourth-order valence-electron chi connectivity index (χ4n) is 2.05. The molecule has 1 aromatic rings. The first kappa shape index (κ1) is 13.4. The molecule has 1 aliphatic rings. The second-order valence-corrected chi connectivity index (χ2v) is 4.37. The van der Waals surface area contributed by atoms with Crippen molar-refractivity contribution in [1.82, 2.24) is 0 Å². The fraction of sp³-hybridized carbons (Fsp3) is 0.385. The first-order chi connectivity index (χ1) is 9.06. The molecule has 1 aromatic carbocycles. The lowest BCUT2D eigenvalue weighted by Gasteiger charge is -2.33. The van der Waals surface area contributed by atoms with E-state index < -0.39 is 12.0 Å². The Morgan fingerprint density at radius 3 is 2.84 bits per heavy atom. The van der Waals surface area contributed by atoms with Gasteiger partial charge in [0, 0.05) is 0 Å². The Labute approximate surface area is 110 Å². The summed E-state index contributed by atoms with van der Waals surface area (Å²) >= 11 is 0. The number of rotatable bonds is 4. The molecule has 102 valence electrons. The van der Waals surface area contributed by atoms with Gasteiger partial charge >= 0.3 is 0 Å². The van der Waals surface area contributed by atoms with Crippen LogP contribution in [-0.4, -0.2) is 29.6 Å². The predicted molar refractivity (Wildman–Crippen MR) is 68.6 cm³/mol. The van der Waals surface area contributed by atoms with Gasteiger partial charge in [-0.1, -0.05) is 13.0 Å². The smallest absolute Gasteiger partial charge is 0.268 e. The van der Waals surface area contributed by atoms with Crippen LogP contribution in [0.3, 0.4) is 0 Å². The van der Waals surface area contributed by atoms with Crippen molar-refractivity contribution in [2.75, 3.05) is 11.4 Å². The first-order valence-electron chi connectivity index (χ1n) is 6.07. The van der Waals surface area contributed by atoms with Crippen LogP contribution in [0.2, 0.25) is 0 Å². The lowest BCUT2D eigenvalue weighted by Crippen LogP contribution is -2.48. The van der Waals surface area contributed by atoms with Gasteiger partial charge in [0.05, 0.1) is 12.3 Å². The van der Waals surface area contributed by atoms with E-state index in [-0.39, 0.29) is 19.1 Å². The zero-order valence-corrected chi connectivity index (χ0v) is 10.6. The van der Waals surface area contributed by atoms with E-state index in [1.165, 1.54) is 4.90 Å². The number of nitrogens with zero attached hydrogens (tertiary/aromatic N) is 1. The van der Waals surface area contributed by atoms with Crippen LogP contribution < -0.4 is 15.4 Å². The number of carbonyl (C=O) groups excluding carboxylic acids is 2. The van der Waals surface area contributed by atoms with Gasteiger partial charge < -0.3 is 15.6 Å².